The van der Waals surface area contributed by atoms with Crippen molar-refractivity contribution >= 4 is 11.6 Å². The molecule has 3 N–H and O–H groups in total. The molecule has 1 aliphatic carbocycles. The highest BCUT2D eigenvalue weighted by Gasteiger charge is 2.31. The summed E-state index contributed by atoms with van der Waals surface area (Å²) in [5.41, 5.74) is 3.88. The lowest BCUT2D eigenvalue weighted by molar-refractivity contribution is 0.697. The Morgan fingerprint density at radius 2 is 2.11 bits per heavy atom. The zero-order valence-electron chi connectivity index (χ0n) is 12.0. The molecule has 1 aliphatic rings. The third-order valence-corrected chi connectivity index (χ3v) is 3.57. The van der Waals surface area contributed by atoms with Crippen LogP contribution in [0.5, 0.6) is 0 Å². The van der Waals surface area contributed by atoms with Crippen LogP contribution in [-0.4, -0.2) is 22.6 Å². The Labute approximate surface area is 115 Å². The third kappa shape index (κ3) is 3.35. The smallest absolute Gasteiger partial charge is 0.148 e. The number of nitrogens with two attached hydrogens (primary N) is 1. The van der Waals surface area contributed by atoms with E-state index in [2.05, 4.69) is 34.1 Å². The SMILES string of the molecule is CCCCN(c1ncnc(NN)c1CCC)C1CC1. The van der Waals surface area contributed by atoms with Crippen molar-refractivity contribution < 1.29 is 0 Å². The minimum atomic E-state index is 0.669. The standard InChI is InChI=1S/C14H25N5/c1-3-5-9-19(11-7-8-11)14-12(6-4-2)13(18-15)16-10-17-14/h10-11H,3-9,15H2,1-2H3,(H,16,17,18). The molecule has 0 atom stereocenters. The Hall–Kier alpha value is -1.36. The van der Waals surface area contributed by atoms with Crippen molar-refractivity contribution in [3.63, 3.8) is 0 Å². The Balaban J connectivity index is 2.28. The van der Waals surface area contributed by atoms with Crippen molar-refractivity contribution in [1.82, 2.24) is 9.97 Å². The number of hydrogen-bond donors (Lipinski definition) is 2. The molecule has 0 amide bonds. The predicted molar refractivity (Wildman–Crippen MR) is 79.1 cm³/mol. The van der Waals surface area contributed by atoms with Gasteiger partial charge in [-0.05, 0) is 25.7 Å². The van der Waals surface area contributed by atoms with E-state index in [-0.39, 0.29) is 0 Å². The summed E-state index contributed by atoms with van der Waals surface area (Å²) in [5.74, 6) is 7.44. The first-order chi connectivity index (χ1) is 9.31. The molecule has 1 saturated carbocycles. The number of hydrazine groups is 1. The Morgan fingerprint density at radius 3 is 2.68 bits per heavy atom. The summed E-state index contributed by atoms with van der Waals surface area (Å²) in [5, 5.41) is 0. The summed E-state index contributed by atoms with van der Waals surface area (Å²) < 4.78 is 0. The highest BCUT2D eigenvalue weighted by atomic mass is 15.3. The molecule has 0 aromatic carbocycles. The van der Waals surface area contributed by atoms with Crippen LogP contribution in [0.4, 0.5) is 11.6 Å². The van der Waals surface area contributed by atoms with E-state index in [0.29, 0.717) is 6.04 Å². The quantitative estimate of drug-likeness (QED) is 0.557. The van der Waals surface area contributed by atoms with Crippen LogP contribution in [0.2, 0.25) is 0 Å². The second-order valence-corrected chi connectivity index (χ2v) is 5.20. The fourth-order valence-electron chi connectivity index (χ4n) is 2.43. The molecule has 0 aliphatic heterocycles. The third-order valence-electron chi connectivity index (χ3n) is 3.57. The van der Waals surface area contributed by atoms with Crippen LogP contribution >= 0.6 is 0 Å². The molecule has 0 spiro atoms. The van der Waals surface area contributed by atoms with Crippen LogP contribution in [0, 0.1) is 0 Å². The molecule has 2 rings (SSSR count). The molecule has 1 fully saturated rings. The largest absolute Gasteiger partial charge is 0.353 e. The molecule has 106 valence electrons. The van der Waals surface area contributed by atoms with Crippen molar-refractivity contribution in [2.75, 3.05) is 16.9 Å². The minimum absolute atomic E-state index is 0.669. The number of aromatic nitrogens is 2. The van der Waals surface area contributed by atoms with Gasteiger partial charge in [-0.3, -0.25) is 0 Å². The number of rotatable bonds is 8. The van der Waals surface area contributed by atoms with Gasteiger partial charge in [0.15, 0.2) is 0 Å². The molecule has 1 aromatic rings. The lowest BCUT2D eigenvalue weighted by atomic mass is 10.1. The fourth-order valence-corrected chi connectivity index (χ4v) is 2.43. The van der Waals surface area contributed by atoms with Crippen molar-refractivity contribution in [3.8, 4) is 0 Å². The number of nitrogen functional groups attached to an aromatic ring is 1. The summed E-state index contributed by atoms with van der Waals surface area (Å²) >= 11 is 0. The number of hydrogen-bond acceptors (Lipinski definition) is 5. The summed E-state index contributed by atoms with van der Waals surface area (Å²) in [7, 11) is 0. The highest BCUT2D eigenvalue weighted by molar-refractivity contribution is 5.59. The maximum Gasteiger partial charge on any atom is 0.148 e. The summed E-state index contributed by atoms with van der Waals surface area (Å²) in [6.07, 6.45) is 8.63. The summed E-state index contributed by atoms with van der Waals surface area (Å²) in [4.78, 5) is 11.2. The van der Waals surface area contributed by atoms with Gasteiger partial charge in [0, 0.05) is 18.2 Å². The molecule has 0 unspecified atom stereocenters. The van der Waals surface area contributed by atoms with E-state index in [9.17, 15) is 0 Å². The van der Waals surface area contributed by atoms with Crippen molar-refractivity contribution in [3.05, 3.63) is 11.9 Å². The van der Waals surface area contributed by atoms with Gasteiger partial charge in [0.05, 0.1) is 0 Å². The molecule has 0 radical (unpaired) electrons. The molecule has 5 heteroatoms. The topological polar surface area (TPSA) is 67.1 Å². The Bertz CT molecular complexity index is 403. The van der Waals surface area contributed by atoms with Crippen molar-refractivity contribution in [1.29, 1.82) is 0 Å². The molecule has 5 nitrogen and oxygen atoms in total. The second kappa shape index (κ2) is 6.70. The first kappa shape index (κ1) is 14.1. The minimum Gasteiger partial charge on any atom is -0.353 e. The molecule has 1 aromatic heterocycles. The normalized spacial score (nSPS) is 14.5. The van der Waals surface area contributed by atoms with E-state index in [0.717, 1.165) is 36.6 Å². The van der Waals surface area contributed by atoms with Gasteiger partial charge in [-0.1, -0.05) is 26.7 Å². The lowest BCUT2D eigenvalue weighted by Crippen LogP contribution is -2.29. The Kier molecular flexibility index (Phi) is 4.96. The zero-order chi connectivity index (χ0) is 13.7. The van der Waals surface area contributed by atoms with E-state index >= 15 is 0 Å². The number of unbranched alkanes of at least 4 members (excludes halogenated alkanes) is 1. The van der Waals surface area contributed by atoms with Gasteiger partial charge in [-0.25, -0.2) is 15.8 Å². The fraction of sp³-hybridized carbons (Fsp3) is 0.714. The second-order valence-electron chi connectivity index (χ2n) is 5.20. The summed E-state index contributed by atoms with van der Waals surface area (Å²) in [6, 6.07) is 0.669. The molecule has 19 heavy (non-hydrogen) atoms. The van der Waals surface area contributed by atoms with E-state index in [1.807, 2.05) is 0 Å². The number of anilines is 2. The maximum atomic E-state index is 5.58. The Morgan fingerprint density at radius 1 is 1.32 bits per heavy atom. The average molecular weight is 263 g/mol. The number of nitrogens with one attached hydrogen (secondary N) is 1. The van der Waals surface area contributed by atoms with E-state index in [1.54, 1.807) is 6.33 Å². The molecule has 1 heterocycles. The van der Waals surface area contributed by atoms with Crippen LogP contribution in [0.15, 0.2) is 6.33 Å². The van der Waals surface area contributed by atoms with Crippen LogP contribution in [0.3, 0.4) is 0 Å². The average Bonchev–Trinajstić information content (AvgIpc) is 3.25. The van der Waals surface area contributed by atoms with Gasteiger partial charge >= 0.3 is 0 Å². The molecular weight excluding hydrogens is 238 g/mol. The van der Waals surface area contributed by atoms with Gasteiger partial charge in [-0.15, -0.1) is 0 Å². The molecule has 0 saturated heterocycles. The van der Waals surface area contributed by atoms with Crippen LogP contribution in [-0.2, 0) is 6.42 Å². The lowest BCUT2D eigenvalue weighted by Gasteiger charge is -2.26. The van der Waals surface area contributed by atoms with Gasteiger partial charge < -0.3 is 10.3 Å². The van der Waals surface area contributed by atoms with Crippen molar-refractivity contribution in [2.24, 2.45) is 5.84 Å². The number of nitrogens with zero attached hydrogens (tertiary/aromatic N) is 3. The van der Waals surface area contributed by atoms with Crippen molar-refractivity contribution in [2.45, 2.75) is 58.4 Å². The first-order valence-electron chi connectivity index (χ1n) is 7.38. The van der Waals surface area contributed by atoms with Crippen LogP contribution in [0.25, 0.3) is 0 Å². The molecule has 0 bridgehead atoms. The van der Waals surface area contributed by atoms with Crippen LogP contribution < -0.4 is 16.2 Å². The monoisotopic (exact) mass is 263 g/mol. The van der Waals surface area contributed by atoms with Gasteiger partial charge in [-0.2, -0.15) is 0 Å². The van der Waals surface area contributed by atoms with E-state index < -0.39 is 0 Å². The highest BCUT2D eigenvalue weighted by Crippen LogP contribution is 2.34. The zero-order valence-corrected chi connectivity index (χ0v) is 12.0. The first-order valence-corrected chi connectivity index (χ1v) is 7.38. The van der Waals surface area contributed by atoms with Gasteiger partial charge in [0.1, 0.15) is 18.0 Å². The van der Waals surface area contributed by atoms with E-state index in [1.165, 1.54) is 25.7 Å². The van der Waals surface area contributed by atoms with Gasteiger partial charge in [0.25, 0.3) is 0 Å². The predicted octanol–water partition coefficient (Wildman–Crippen LogP) is 2.48. The van der Waals surface area contributed by atoms with Gasteiger partial charge in [0.2, 0.25) is 0 Å². The van der Waals surface area contributed by atoms with Crippen LogP contribution in [0.1, 0.15) is 51.5 Å². The molecular formula is C14H25N5. The van der Waals surface area contributed by atoms with E-state index in [4.69, 9.17) is 5.84 Å². The summed E-state index contributed by atoms with van der Waals surface area (Å²) in [6.45, 7) is 5.48. The maximum absolute atomic E-state index is 5.58.